The van der Waals surface area contributed by atoms with Crippen LogP contribution in [0.15, 0.2) is 47.5 Å². The highest BCUT2D eigenvalue weighted by Crippen LogP contribution is 2.30. The minimum atomic E-state index is -0.346. The lowest BCUT2D eigenvalue weighted by Gasteiger charge is -2.19. The Balaban J connectivity index is 1.53. The van der Waals surface area contributed by atoms with E-state index in [1.807, 2.05) is 25.1 Å². The molecule has 1 aliphatic rings. The maximum atomic E-state index is 14.4. The number of benzene rings is 2. The van der Waals surface area contributed by atoms with Gasteiger partial charge in [-0.3, -0.25) is 9.79 Å². The molecule has 0 heterocycles. The lowest BCUT2D eigenvalue weighted by molar-refractivity contribution is 0.0963. The molecule has 3 N–H and O–H groups in total. The van der Waals surface area contributed by atoms with Gasteiger partial charge in [0.1, 0.15) is 0 Å². The van der Waals surface area contributed by atoms with Crippen molar-refractivity contribution in [3.05, 3.63) is 65.0 Å². The van der Waals surface area contributed by atoms with E-state index in [2.05, 4.69) is 20.9 Å². The van der Waals surface area contributed by atoms with Crippen molar-refractivity contribution in [2.75, 3.05) is 20.7 Å². The van der Waals surface area contributed by atoms with E-state index in [1.165, 1.54) is 18.9 Å². The van der Waals surface area contributed by atoms with Gasteiger partial charge in [0, 0.05) is 26.2 Å². The van der Waals surface area contributed by atoms with E-state index in [9.17, 15) is 9.18 Å². The van der Waals surface area contributed by atoms with Crippen LogP contribution in [0, 0.1) is 11.7 Å². The Kier molecular flexibility index (Phi) is 7.27. The molecule has 2 aromatic rings. The van der Waals surface area contributed by atoms with Gasteiger partial charge in [-0.2, -0.15) is 0 Å². The second kappa shape index (κ2) is 10.1. The van der Waals surface area contributed by atoms with Crippen LogP contribution < -0.4 is 20.7 Å². The van der Waals surface area contributed by atoms with Crippen molar-refractivity contribution in [3.8, 4) is 5.75 Å². The van der Waals surface area contributed by atoms with E-state index < -0.39 is 0 Å². The third kappa shape index (κ3) is 5.95. The van der Waals surface area contributed by atoms with Gasteiger partial charge in [-0.1, -0.05) is 18.2 Å². The molecule has 0 bridgehead atoms. The molecule has 0 saturated heterocycles. The first kappa shape index (κ1) is 21.6. The Morgan fingerprint density at radius 2 is 1.97 bits per heavy atom. The Morgan fingerprint density at radius 1 is 1.23 bits per heavy atom. The molecule has 6 nitrogen and oxygen atoms in total. The topological polar surface area (TPSA) is 74.8 Å². The summed E-state index contributed by atoms with van der Waals surface area (Å²) in [5.41, 5.74) is 2.44. The zero-order valence-electron chi connectivity index (χ0n) is 17.7. The molecule has 3 rings (SSSR count). The highest BCUT2D eigenvalue weighted by atomic mass is 19.1. The first-order valence-electron chi connectivity index (χ1n) is 10.2. The van der Waals surface area contributed by atoms with Crippen LogP contribution >= 0.6 is 0 Å². The number of amides is 1. The standard InChI is InChI=1S/C23H29FN4O2/c1-15(19-10-11-21(20(24)12-19)30-14-17-4-5-17)28-23(26-3)27-13-16-6-8-18(9-7-16)22(29)25-2/h6-12,15,17H,4-5,13-14H2,1-3H3,(H,25,29)(H2,26,27,28). The molecule has 0 aromatic heterocycles. The van der Waals surface area contributed by atoms with Crippen molar-refractivity contribution in [3.63, 3.8) is 0 Å². The van der Waals surface area contributed by atoms with Gasteiger partial charge in [-0.05, 0) is 61.1 Å². The van der Waals surface area contributed by atoms with E-state index >= 15 is 0 Å². The average molecular weight is 413 g/mol. The van der Waals surface area contributed by atoms with E-state index in [1.54, 1.807) is 32.3 Å². The van der Waals surface area contributed by atoms with E-state index in [4.69, 9.17) is 4.74 Å². The molecule has 0 aliphatic heterocycles. The average Bonchev–Trinajstić information content (AvgIpc) is 3.60. The Morgan fingerprint density at radius 3 is 2.57 bits per heavy atom. The molecule has 1 atom stereocenters. The number of aliphatic imine (C=N–C) groups is 1. The van der Waals surface area contributed by atoms with E-state index in [0.717, 1.165) is 11.1 Å². The third-order valence-electron chi connectivity index (χ3n) is 5.11. The number of halogens is 1. The lowest BCUT2D eigenvalue weighted by Crippen LogP contribution is -2.38. The Bertz CT molecular complexity index is 895. The molecule has 0 radical (unpaired) electrons. The van der Waals surface area contributed by atoms with Crippen LogP contribution in [-0.4, -0.2) is 32.6 Å². The minimum absolute atomic E-state index is 0.114. The summed E-state index contributed by atoms with van der Waals surface area (Å²) in [6.45, 7) is 3.08. The fraction of sp³-hybridized carbons (Fsp3) is 0.391. The fourth-order valence-electron chi connectivity index (χ4n) is 2.98. The van der Waals surface area contributed by atoms with Crippen molar-refractivity contribution in [1.29, 1.82) is 0 Å². The molecular formula is C23H29FN4O2. The number of nitrogens with one attached hydrogen (secondary N) is 3. The molecule has 1 aliphatic carbocycles. The van der Waals surface area contributed by atoms with Crippen molar-refractivity contribution in [1.82, 2.24) is 16.0 Å². The molecule has 1 amide bonds. The molecule has 30 heavy (non-hydrogen) atoms. The van der Waals surface area contributed by atoms with Crippen LogP contribution in [0.2, 0.25) is 0 Å². The summed E-state index contributed by atoms with van der Waals surface area (Å²) in [5.74, 6) is 1.03. The van der Waals surface area contributed by atoms with Crippen LogP contribution in [0.1, 0.15) is 47.3 Å². The van der Waals surface area contributed by atoms with Crippen molar-refractivity contribution >= 4 is 11.9 Å². The third-order valence-corrected chi connectivity index (χ3v) is 5.11. The van der Waals surface area contributed by atoms with Gasteiger partial charge in [0.2, 0.25) is 0 Å². The highest BCUT2D eigenvalue weighted by Gasteiger charge is 2.22. The first-order chi connectivity index (χ1) is 14.5. The number of nitrogens with zero attached hydrogens (tertiary/aromatic N) is 1. The van der Waals surface area contributed by atoms with Crippen molar-refractivity contribution in [2.45, 2.75) is 32.4 Å². The molecule has 160 valence electrons. The summed E-state index contributed by atoms with van der Waals surface area (Å²) in [6.07, 6.45) is 2.34. The van der Waals surface area contributed by atoms with Gasteiger partial charge in [0.05, 0.1) is 12.6 Å². The summed E-state index contributed by atoms with van der Waals surface area (Å²) in [6, 6.07) is 12.3. The molecule has 7 heteroatoms. The monoisotopic (exact) mass is 412 g/mol. The number of carbonyl (C=O) groups is 1. The number of hydrogen-bond acceptors (Lipinski definition) is 3. The molecule has 1 saturated carbocycles. The smallest absolute Gasteiger partial charge is 0.251 e. The predicted octanol–water partition coefficient (Wildman–Crippen LogP) is 3.40. The summed E-state index contributed by atoms with van der Waals surface area (Å²) < 4.78 is 19.9. The number of ether oxygens (including phenoxy) is 1. The van der Waals surface area contributed by atoms with Gasteiger partial charge in [-0.25, -0.2) is 4.39 Å². The van der Waals surface area contributed by atoms with Crippen LogP contribution in [0.3, 0.4) is 0 Å². The van der Waals surface area contributed by atoms with Gasteiger partial charge in [0.15, 0.2) is 17.5 Å². The number of hydrogen-bond donors (Lipinski definition) is 3. The normalized spacial score (nSPS) is 14.7. The van der Waals surface area contributed by atoms with E-state index in [-0.39, 0.29) is 17.8 Å². The maximum absolute atomic E-state index is 14.4. The molecule has 2 aromatic carbocycles. The first-order valence-corrected chi connectivity index (χ1v) is 10.2. The van der Waals surface area contributed by atoms with Crippen LogP contribution in [-0.2, 0) is 6.54 Å². The minimum Gasteiger partial charge on any atom is -0.490 e. The number of rotatable bonds is 8. The molecular weight excluding hydrogens is 383 g/mol. The van der Waals surface area contributed by atoms with Crippen LogP contribution in [0.25, 0.3) is 0 Å². The second-order valence-corrected chi connectivity index (χ2v) is 7.51. The predicted molar refractivity (Wildman–Crippen MR) is 116 cm³/mol. The van der Waals surface area contributed by atoms with Crippen LogP contribution in [0.4, 0.5) is 4.39 Å². The van der Waals surface area contributed by atoms with Crippen molar-refractivity contribution in [2.24, 2.45) is 10.9 Å². The SMILES string of the molecule is CN=C(NCc1ccc(C(=O)NC)cc1)NC(C)c1ccc(OCC2CC2)c(F)c1. The van der Waals surface area contributed by atoms with Gasteiger partial charge in [-0.15, -0.1) is 0 Å². The summed E-state index contributed by atoms with van der Waals surface area (Å²) >= 11 is 0. The number of carbonyl (C=O) groups excluding carboxylic acids is 1. The quantitative estimate of drug-likeness (QED) is 0.459. The summed E-state index contributed by atoms with van der Waals surface area (Å²) in [4.78, 5) is 15.9. The zero-order valence-corrected chi connectivity index (χ0v) is 17.7. The van der Waals surface area contributed by atoms with Crippen LogP contribution in [0.5, 0.6) is 5.75 Å². The molecule has 1 unspecified atom stereocenters. The van der Waals surface area contributed by atoms with E-state index in [0.29, 0.717) is 36.3 Å². The Labute approximate surface area is 176 Å². The largest absolute Gasteiger partial charge is 0.490 e. The fourth-order valence-corrected chi connectivity index (χ4v) is 2.98. The molecule has 0 spiro atoms. The van der Waals surface area contributed by atoms with Gasteiger partial charge in [0.25, 0.3) is 5.91 Å². The lowest BCUT2D eigenvalue weighted by atomic mass is 10.1. The summed E-state index contributed by atoms with van der Waals surface area (Å²) in [7, 11) is 3.29. The maximum Gasteiger partial charge on any atom is 0.251 e. The van der Waals surface area contributed by atoms with Crippen molar-refractivity contribution < 1.29 is 13.9 Å². The zero-order chi connectivity index (χ0) is 21.5. The molecule has 1 fully saturated rings. The Hall–Kier alpha value is -3.09. The van der Waals surface area contributed by atoms with Gasteiger partial charge >= 0.3 is 0 Å². The number of guanidine groups is 1. The second-order valence-electron chi connectivity index (χ2n) is 7.51. The van der Waals surface area contributed by atoms with Gasteiger partial charge < -0.3 is 20.7 Å². The summed E-state index contributed by atoms with van der Waals surface area (Å²) in [5, 5.41) is 9.10. The highest BCUT2D eigenvalue weighted by molar-refractivity contribution is 5.93.